The second-order valence-corrected chi connectivity index (χ2v) is 4.26. The first-order valence-electron chi connectivity index (χ1n) is 5.50. The van der Waals surface area contributed by atoms with Gasteiger partial charge in [0.05, 0.1) is 11.6 Å². The summed E-state index contributed by atoms with van der Waals surface area (Å²) in [6.07, 6.45) is 0. The lowest BCUT2D eigenvalue weighted by atomic mass is 10.1. The summed E-state index contributed by atoms with van der Waals surface area (Å²) in [4.78, 5) is 25.4. The van der Waals surface area contributed by atoms with Crippen molar-refractivity contribution in [2.24, 2.45) is 5.92 Å². The fraction of sp³-hybridized carbons (Fsp3) is 0.333. The normalized spacial score (nSPS) is 20.1. The molecule has 0 saturated carbocycles. The van der Waals surface area contributed by atoms with Gasteiger partial charge >= 0.3 is 12.0 Å². The molecule has 6 heteroatoms. The molecule has 0 spiro atoms. The van der Waals surface area contributed by atoms with Crippen molar-refractivity contribution in [3.05, 3.63) is 30.1 Å². The van der Waals surface area contributed by atoms with Gasteiger partial charge in [-0.2, -0.15) is 0 Å². The van der Waals surface area contributed by atoms with Crippen LogP contribution in [0.15, 0.2) is 24.3 Å². The highest BCUT2D eigenvalue weighted by Crippen LogP contribution is 2.24. The Morgan fingerprint density at radius 2 is 2.06 bits per heavy atom. The predicted molar refractivity (Wildman–Crippen MR) is 62.9 cm³/mol. The molecule has 1 aliphatic rings. The Hall–Kier alpha value is -2.11. The number of urea groups is 1. The average Bonchev–Trinajstić information content (AvgIpc) is 2.33. The summed E-state index contributed by atoms with van der Waals surface area (Å²) >= 11 is 0. The molecule has 1 atom stereocenters. The molecule has 5 nitrogen and oxygen atoms in total. The van der Waals surface area contributed by atoms with Crippen LogP contribution in [0.4, 0.5) is 14.9 Å². The monoisotopic (exact) mass is 252 g/mol. The first-order chi connectivity index (χ1) is 8.50. The molecule has 1 heterocycles. The zero-order valence-corrected chi connectivity index (χ0v) is 9.84. The van der Waals surface area contributed by atoms with Gasteiger partial charge in [0.1, 0.15) is 5.82 Å². The number of aliphatic carboxylic acids is 1. The van der Waals surface area contributed by atoms with Crippen molar-refractivity contribution in [2.45, 2.75) is 0 Å². The number of halogens is 1. The lowest BCUT2D eigenvalue weighted by Gasteiger charge is -2.36. The minimum absolute atomic E-state index is 0.0144. The van der Waals surface area contributed by atoms with E-state index in [9.17, 15) is 14.0 Å². The lowest BCUT2D eigenvalue weighted by Crippen LogP contribution is -2.54. The van der Waals surface area contributed by atoms with E-state index in [1.165, 1.54) is 30.1 Å². The number of hydrogen-bond acceptors (Lipinski definition) is 2. The maximum absolute atomic E-state index is 13.6. The molecule has 1 aromatic carbocycles. The molecule has 96 valence electrons. The van der Waals surface area contributed by atoms with Gasteiger partial charge in [0, 0.05) is 20.1 Å². The SMILES string of the molecule is CN1CC(C(=O)O)CN(c2ccccc2F)C1=O. The average molecular weight is 252 g/mol. The summed E-state index contributed by atoms with van der Waals surface area (Å²) in [5, 5.41) is 9.02. The van der Waals surface area contributed by atoms with E-state index >= 15 is 0 Å². The molecule has 0 aliphatic carbocycles. The highest BCUT2D eigenvalue weighted by molar-refractivity contribution is 5.94. The number of para-hydroxylation sites is 1. The van der Waals surface area contributed by atoms with Gasteiger partial charge in [-0.05, 0) is 12.1 Å². The maximum Gasteiger partial charge on any atom is 0.324 e. The number of carbonyl (C=O) groups excluding carboxylic acids is 1. The molecule has 0 radical (unpaired) electrons. The van der Waals surface area contributed by atoms with Gasteiger partial charge in [-0.25, -0.2) is 9.18 Å². The maximum atomic E-state index is 13.6. The number of nitrogens with zero attached hydrogens (tertiary/aromatic N) is 2. The van der Waals surface area contributed by atoms with Gasteiger partial charge in [0.2, 0.25) is 0 Å². The zero-order valence-electron chi connectivity index (χ0n) is 9.84. The van der Waals surface area contributed by atoms with Gasteiger partial charge < -0.3 is 10.0 Å². The summed E-state index contributed by atoms with van der Waals surface area (Å²) in [5.41, 5.74) is 0.111. The standard InChI is InChI=1S/C12H13FN2O3/c1-14-6-8(11(16)17)7-15(12(14)18)10-5-3-2-4-9(10)13/h2-5,8H,6-7H2,1H3,(H,16,17). The first kappa shape index (κ1) is 12.3. The number of hydrogen-bond donors (Lipinski definition) is 1. The molecule has 1 N–H and O–H groups in total. The zero-order chi connectivity index (χ0) is 13.3. The van der Waals surface area contributed by atoms with Crippen molar-refractivity contribution >= 4 is 17.7 Å². The third-order valence-corrected chi connectivity index (χ3v) is 2.95. The number of carbonyl (C=O) groups is 2. The number of amides is 2. The van der Waals surface area contributed by atoms with Crippen LogP contribution < -0.4 is 4.90 Å². The molecule has 2 rings (SSSR count). The molecule has 1 saturated heterocycles. The van der Waals surface area contributed by atoms with Gasteiger partial charge in [0.15, 0.2) is 0 Å². The van der Waals surface area contributed by atoms with Crippen LogP contribution in [0.1, 0.15) is 0 Å². The molecule has 0 bridgehead atoms. The van der Waals surface area contributed by atoms with Crippen molar-refractivity contribution in [1.29, 1.82) is 0 Å². The quantitative estimate of drug-likeness (QED) is 0.865. The van der Waals surface area contributed by atoms with Crippen LogP contribution in [0.2, 0.25) is 0 Å². The second kappa shape index (κ2) is 4.64. The summed E-state index contributed by atoms with van der Waals surface area (Å²) in [7, 11) is 1.51. The highest BCUT2D eigenvalue weighted by atomic mass is 19.1. The minimum Gasteiger partial charge on any atom is -0.481 e. The number of anilines is 1. The minimum atomic E-state index is -0.990. The van der Waals surface area contributed by atoms with Gasteiger partial charge in [-0.1, -0.05) is 12.1 Å². The van der Waals surface area contributed by atoms with Crippen molar-refractivity contribution in [3.63, 3.8) is 0 Å². The van der Waals surface area contributed by atoms with E-state index in [0.717, 1.165) is 4.90 Å². The largest absolute Gasteiger partial charge is 0.481 e. The highest BCUT2D eigenvalue weighted by Gasteiger charge is 2.35. The van der Waals surface area contributed by atoms with Crippen molar-refractivity contribution in [1.82, 2.24) is 4.90 Å². The summed E-state index contributed by atoms with van der Waals surface area (Å²) in [6.45, 7) is 0.124. The van der Waals surface area contributed by atoms with Crippen molar-refractivity contribution in [2.75, 3.05) is 25.0 Å². The Morgan fingerprint density at radius 1 is 1.39 bits per heavy atom. The second-order valence-electron chi connectivity index (χ2n) is 4.26. The Labute approximate surface area is 103 Å². The molecule has 1 fully saturated rings. The Bertz CT molecular complexity index is 492. The van der Waals surface area contributed by atoms with Gasteiger partial charge in [-0.3, -0.25) is 9.69 Å². The summed E-state index contributed by atoms with van der Waals surface area (Å²) in [5.74, 6) is -2.24. The topological polar surface area (TPSA) is 60.9 Å². The van der Waals surface area contributed by atoms with Crippen LogP contribution in [-0.2, 0) is 4.79 Å². The molecule has 0 aromatic heterocycles. The number of benzene rings is 1. The third-order valence-electron chi connectivity index (χ3n) is 2.95. The van der Waals surface area contributed by atoms with Crippen LogP contribution in [0.5, 0.6) is 0 Å². The Kier molecular flexibility index (Phi) is 3.18. The molecule has 1 aliphatic heterocycles. The molecule has 2 amide bonds. The van der Waals surface area contributed by atoms with E-state index in [1.807, 2.05) is 0 Å². The fourth-order valence-electron chi connectivity index (χ4n) is 2.00. The van der Waals surface area contributed by atoms with E-state index in [-0.39, 0.29) is 18.8 Å². The third kappa shape index (κ3) is 2.13. The summed E-state index contributed by atoms with van der Waals surface area (Å²) in [6, 6.07) is 5.44. The van der Waals surface area contributed by atoms with E-state index in [0.29, 0.717) is 0 Å². The smallest absolute Gasteiger partial charge is 0.324 e. The van der Waals surface area contributed by atoms with E-state index in [4.69, 9.17) is 5.11 Å². The number of carboxylic acid groups (broad SMARTS) is 1. The van der Waals surface area contributed by atoms with Crippen molar-refractivity contribution in [3.8, 4) is 0 Å². The number of rotatable bonds is 2. The van der Waals surface area contributed by atoms with Crippen LogP contribution in [0, 0.1) is 11.7 Å². The predicted octanol–water partition coefficient (Wildman–Crippen LogP) is 1.40. The van der Waals surface area contributed by atoms with Gasteiger partial charge in [0.25, 0.3) is 0 Å². The molecule has 18 heavy (non-hydrogen) atoms. The van der Waals surface area contributed by atoms with E-state index < -0.39 is 23.7 Å². The number of carboxylic acids is 1. The fourth-order valence-corrected chi connectivity index (χ4v) is 2.00. The molecular weight excluding hydrogens is 239 g/mol. The molecule has 1 unspecified atom stereocenters. The van der Waals surface area contributed by atoms with E-state index in [1.54, 1.807) is 6.07 Å². The Morgan fingerprint density at radius 3 is 2.67 bits per heavy atom. The van der Waals surface area contributed by atoms with Crippen molar-refractivity contribution < 1.29 is 19.1 Å². The Balaban J connectivity index is 2.33. The lowest BCUT2D eigenvalue weighted by molar-refractivity contribution is -0.142. The van der Waals surface area contributed by atoms with E-state index in [2.05, 4.69) is 0 Å². The van der Waals surface area contributed by atoms with Crippen LogP contribution in [0.3, 0.4) is 0 Å². The van der Waals surface area contributed by atoms with Gasteiger partial charge in [-0.15, -0.1) is 0 Å². The summed E-state index contributed by atoms with van der Waals surface area (Å²) < 4.78 is 13.6. The van der Waals surface area contributed by atoms with Crippen LogP contribution in [0.25, 0.3) is 0 Å². The molecule has 1 aromatic rings. The molecular formula is C12H13FN2O3. The van der Waals surface area contributed by atoms with Crippen LogP contribution >= 0.6 is 0 Å². The van der Waals surface area contributed by atoms with Crippen LogP contribution in [-0.4, -0.2) is 42.1 Å². The first-order valence-corrected chi connectivity index (χ1v) is 5.50.